The third-order valence-electron chi connectivity index (χ3n) is 5.38. The lowest BCUT2D eigenvalue weighted by atomic mass is 9.88. The molecule has 7 heteroatoms. The zero-order chi connectivity index (χ0) is 21.5. The quantitative estimate of drug-likeness (QED) is 0.540. The van der Waals surface area contributed by atoms with Crippen LogP contribution in [0.2, 0.25) is 0 Å². The second-order valence-electron chi connectivity index (χ2n) is 7.80. The van der Waals surface area contributed by atoms with Gasteiger partial charge in [0.2, 0.25) is 0 Å². The number of esters is 1. The Kier molecular flexibility index (Phi) is 5.63. The first kappa shape index (κ1) is 21.2. The van der Waals surface area contributed by atoms with E-state index in [1.807, 2.05) is 18.2 Å². The number of hydrogen-bond acceptors (Lipinski definition) is 6. The van der Waals surface area contributed by atoms with E-state index in [1.54, 1.807) is 13.0 Å². The molecule has 2 amide bonds. The molecule has 29 heavy (non-hydrogen) atoms. The molecule has 2 heterocycles. The van der Waals surface area contributed by atoms with Crippen LogP contribution in [0.4, 0.5) is 10.5 Å². The average molecular weight is 415 g/mol. The third kappa shape index (κ3) is 3.83. The van der Waals surface area contributed by atoms with E-state index in [-0.39, 0.29) is 12.1 Å². The largest absolute Gasteiger partial charge is 0.464 e. The van der Waals surface area contributed by atoms with Gasteiger partial charge < -0.3 is 9.64 Å². The number of fused-ring (bicyclic) bond motifs is 1. The van der Waals surface area contributed by atoms with E-state index in [9.17, 15) is 14.4 Å². The SMILES string of the molecule is CCOC(=O)C(C)N1C(=O)S/C(=C\c2ccc3c(c2)C(C)=CC(C)(C)N3C)C1=O. The second-order valence-corrected chi connectivity index (χ2v) is 8.79. The number of carbonyl (C=O) groups excluding carboxylic acids is 3. The molecule has 1 fully saturated rings. The number of anilines is 1. The molecule has 0 aromatic heterocycles. The predicted molar refractivity (Wildman–Crippen MR) is 116 cm³/mol. The van der Waals surface area contributed by atoms with Crippen LogP contribution in [0.25, 0.3) is 11.6 Å². The maximum atomic E-state index is 12.7. The first-order valence-corrected chi connectivity index (χ1v) is 10.4. The summed E-state index contributed by atoms with van der Waals surface area (Å²) in [6.45, 7) is 9.78. The topological polar surface area (TPSA) is 66.9 Å². The summed E-state index contributed by atoms with van der Waals surface area (Å²) < 4.78 is 4.94. The lowest BCUT2D eigenvalue weighted by Gasteiger charge is -2.40. The number of nitrogens with zero attached hydrogens (tertiary/aromatic N) is 2. The fraction of sp³-hybridized carbons (Fsp3) is 0.409. The van der Waals surface area contributed by atoms with Gasteiger partial charge in [-0.1, -0.05) is 12.1 Å². The van der Waals surface area contributed by atoms with E-state index < -0.39 is 23.2 Å². The highest BCUT2D eigenvalue weighted by molar-refractivity contribution is 8.18. The number of ether oxygens (including phenoxy) is 1. The Morgan fingerprint density at radius 1 is 1.31 bits per heavy atom. The molecule has 1 aromatic carbocycles. The average Bonchev–Trinajstić information content (AvgIpc) is 2.92. The highest BCUT2D eigenvalue weighted by Gasteiger charge is 2.41. The zero-order valence-corrected chi connectivity index (χ0v) is 18.4. The summed E-state index contributed by atoms with van der Waals surface area (Å²) in [5.74, 6) is -1.06. The molecule has 1 saturated heterocycles. The van der Waals surface area contributed by atoms with Gasteiger partial charge in [0.15, 0.2) is 0 Å². The number of likely N-dealkylation sites (N-methyl/N-ethyl adjacent to an activating group) is 1. The lowest BCUT2D eigenvalue weighted by molar-refractivity contribution is -0.150. The molecule has 3 rings (SSSR count). The van der Waals surface area contributed by atoms with Crippen LogP contribution in [-0.2, 0) is 14.3 Å². The van der Waals surface area contributed by atoms with Gasteiger partial charge >= 0.3 is 5.97 Å². The van der Waals surface area contributed by atoms with Gasteiger partial charge in [-0.2, -0.15) is 0 Å². The number of imide groups is 1. The molecule has 1 atom stereocenters. The molecule has 1 aromatic rings. The lowest BCUT2D eigenvalue weighted by Crippen LogP contribution is -2.42. The summed E-state index contributed by atoms with van der Waals surface area (Å²) in [6.07, 6.45) is 3.92. The Bertz CT molecular complexity index is 948. The van der Waals surface area contributed by atoms with Crippen LogP contribution < -0.4 is 4.90 Å². The highest BCUT2D eigenvalue weighted by Crippen LogP contribution is 2.39. The number of amides is 2. The number of allylic oxidation sites excluding steroid dienone is 1. The minimum Gasteiger partial charge on any atom is -0.464 e. The summed E-state index contributed by atoms with van der Waals surface area (Å²) >= 11 is 0.845. The van der Waals surface area contributed by atoms with Gasteiger partial charge in [0.05, 0.1) is 17.1 Å². The summed E-state index contributed by atoms with van der Waals surface area (Å²) in [5.41, 5.74) is 4.14. The molecule has 6 nitrogen and oxygen atoms in total. The van der Waals surface area contributed by atoms with E-state index in [4.69, 9.17) is 4.74 Å². The van der Waals surface area contributed by atoms with E-state index in [0.29, 0.717) is 4.91 Å². The van der Waals surface area contributed by atoms with Crippen LogP contribution in [0.5, 0.6) is 0 Å². The van der Waals surface area contributed by atoms with Gasteiger partial charge in [0, 0.05) is 18.3 Å². The minimum absolute atomic E-state index is 0.0789. The van der Waals surface area contributed by atoms with Crippen LogP contribution in [0.3, 0.4) is 0 Å². The Morgan fingerprint density at radius 2 is 2.00 bits per heavy atom. The first-order valence-electron chi connectivity index (χ1n) is 9.58. The summed E-state index contributed by atoms with van der Waals surface area (Å²) in [5, 5.41) is -0.461. The molecule has 0 aliphatic carbocycles. The molecular weight excluding hydrogens is 388 g/mol. The Labute approximate surface area is 175 Å². The summed E-state index contributed by atoms with van der Waals surface area (Å²) in [4.78, 5) is 40.5. The van der Waals surface area contributed by atoms with Crippen molar-refractivity contribution in [2.75, 3.05) is 18.6 Å². The molecule has 2 aliphatic heterocycles. The van der Waals surface area contributed by atoms with Crippen molar-refractivity contribution in [1.82, 2.24) is 4.90 Å². The maximum absolute atomic E-state index is 12.7. The molecular formula is C22H26N2O4S. The van der Waals surface area contributed by atoms with Crippen molar-refractivity contribution < 1.29 is 19.1 Å². The van der Waals surface area contributed by atoms with Gasteiger partial charge in [0.25, 0.3) is 11.1 Å². The molecule has 1 unspecified atom stereocenters. The van der Waals surface area contributed by atoms with Crippen LogP contribution in [0.1, 0.15) is 45.7 Å². The van der Waals surface area contributed by atoms with Gasteiger partial charge in [0.1, 0.15) is 6.04 Å². The van der Waals surface area contributed by atoms with E-state index in [2.05, 4.69) is 38.8 Å². The highest BCUT2D eigenvalue weighted by atomic mass is 32.2. The summed E-state index contributed by atoms with van der Waals surface area (Å²) in [7, 11) is 2.06. The smallest absolute Gasteiger partial charge is 0.329 e. The molecule has 0 N–H and O–H groups in total. The van der Waals surface area contributed by atoms with E-state index >= 15 is 0 Å². The number of benzene rings is 1. The molecule has 2 aliphatic rings. The number of rotatable bonds is 4. The minimum atomic E-state index is -0.946. The van der Waals surface area contributed by atoms with Crippen molar-refractivity contribution >= 4 is 46.2 Å². The van der Waals surface area contributed by atoms with Crippen LogP contribution in [0, 0.1) is 0 Å². The van der Waals surface area contributed by atoms with Crippen molar-refractivity contribution in [2.24, 2.45) is 0 Å². The molecule has 0 radical (unpaired) electrons. The van der Waals surface area contributed by atoms with Crippen molar-refractivity contribution in [1.29, 1.82) is 0 Å². The third-order valence-corrected chi connectivity index (χ3v) is 6.26. The Morgan fingerprint density at radius 3 is 2.66 bits per heavy atom. The van der Waals surface area contributed by atoms with Crippen molar-refractivity contribution in [3.05, 3.63) is 40.3 Å². The Balaban J connectivity index is 1.90. The summed E-state index contributed by atoms with van der Waals surface area (Å²) in [6, 6.07) is 5.05. The van der Waals surface area contributed by atoms with Crippen LogP contribution in [-0.4, -0.2) is 47.3 Å². The van der Waals surface area contributed by atoms with Crippen molar-refractivity contribution in [3.63, 3.8) is 0 Å². The Hall–Kier alpha value is -2.54. The molecule has 0 spiro atoms. The fourth-order valence-electron chi connectivity index (χ4n) is 3.60. The first-order chi connectivity index (χ1) is 13.6. The van der Waals surface area contributed by atoms with E-state index in [1.165, 1.54) is 12.5 Å². The van der Waals surface area contributed by atoms with E-state index in [0.717, 1.165) is 33.5 Å². The van der Waals surface area contributed by atoms with Crippen molar-refractivity contribution in [3.8, 4) is 0 Å². The maximum Gasteiger partial charge on any atom is 0.329 e. The molecule has 0 saturated carbocycles. The molecule has 0 bridgehead atoms. The normalized spacial score (nSPS) is 20.6. The van der Waals surface area contributed by atoms with Crippen LogP contribution in [0.15, 0.2) is 29.2 Å². The standard InChI is InChI=1S/C22H26N2O4S/c1-7-28-20(26)14(3)24-19(25)18(29-21(24)27)11-15-8-9-17-16(10-15)13(2)12-22(4,5)23(17)6/h8-12,14H,7H2,1-6H3/b18-11-. The monoisotopic (exact) mass is 414 g/mol. The fourth-order valence-corrected chi connectivity index (χ4v) is 4.51. The predicted octanol–water partition coefficient (Wildman–Crippen LogP) is 4.31. The van der Waals surface area contributed by atoms with Gasteiger partial charge in [-0.25, -0.2) is 4.79 Å². The molecule has 154 valence electrons. The zero-order valence-electron chi connectivity index (χ0n) is 17.6. The second kappa shape index (κ2) is 7.71. The van der Waals surface area contributed by atoms with Gasteiger partial charge in [-0.15, -0.1) is 0 Å². The number of carbonyl (C=O) groups is 3. The van der Waals surface area contributed by atoms with Crippen LogP contribution >= 0.6 is 11.8 Å². The number of hydrogen-bond donors (Lipinski definition) is 0. The van der Waals surface area contributed by atoms with Crippen molar-refractivity contribution in [2.45, 2.75) is 46.2 Å². The van der Waals surface area contributed by atoms with Gasteiger partial charge in [-0.05, 0) is 75.7 Å². The number of thioether (sulfide) groups is 1. The van der Waals surface area contributed by atoms with Gasteiger partial charge in [-0.3, -0.25) is 14.5 Å².